The molecule has 2 heterocycles. The number of nitrogens with zero attached hydrogens (tertiary/aromatic N) is 2. The second kappa shape index (κ2) is 9.85. The van der Waals surface area contributed by atoms with Crippen molar-refractivity contribution >= 4 is 34.8 Å². The molecule has 0 aliphatic carbocycles. The SMILES string of the molecule is Nc1ccc(N2CCN(CC(=O)NC(CC(=O)O)c3ccc4c(c3)OCO4)CC2=O)c(NO)c1. The second-order valence-corrected chi connectivity index (χ2v) is 7.98. The quantitative estimate of drug-likeness (QED) is 0.274. The number of nitrogens with two attached hydrogens (primary N) is 1. The molecule has 2 amide bonds. The number of carboxylic acids is 1. The van der Waals surface area contributed by atoms with Crippen molar-refractivity contribution in [3.63, 3.8) is 0 Å². The summed E-state index contributed by atoms with van der Waals surface area (Å²) in [6, 6.07) is 9.01. The van der Waals surface area contributed by atoms with Crippen LogP contribution in [0.4, 0.5) is 17.1 Å². The summed E-state index contributed by atoms with van der Waals surface area (Å²) in [5.74, 6) is -0.679. The van der Waals surface area contributed by atoms with Crippen LogP contribution in [0.3, 0.4) is 0 Å². The summed E-state index contributed by atoms with van der Waals surface area (Å²) in [6.07, 6.45) is -0.313. The molecule has 1 saturated heterocycles. The Labute approximate surface area is 194 Å². The number of carboxylic acid groups (broad SMARTS) is 1. The molecule has 4 rings (SSSR count). The lowest BCUT2D eigenvalue weighted by Crippen LogP contribution is -2.53. The second-order valence-electron chi connectivity index (χ2n) is 7.98. The minimum absolute atomic E-state index is 0.0176. The van der Waals surface area contributed by atoms with Gasteiger partial charge in [-0.1, -0.05) is 6.07 Å². The third-order valence-corrected chi connectivity index (χ3v) is 5.61. The number of carbonyl (C=O) groups excluding carboxylic acids is 2. The van der Waals surface area contributed by atoms with Crippen LogP contribution in [0.25, 0.3) is 0 Å². The number of ether oxygens (including phenoxy) is 2. The number of nitrogens with one attached hydrogen (secondary N) is 2. The molecule has 2 aliphatic heterocycles. The lowest BCUT2D eigenvalue weighted by atomic mass is 10.0. The monoisotopic (exact) mass is 471 g/mol. The summed E-state index contributed by atoms with van der Waals surface area (Å²) in [4.78, 5) is 40.0. The maximum absolute atomic E-state index is 12.7. The molecule has 1 fully saturated rings. The number of benzene rings is 2. The fourth-order valence-electron chi connectivity index (χ4n) is 3.99. The van der Waals surface area contributed by atoms with E-state index >= 15 is 0 Å². The molecule has 0 spiro atoms. The first-order valence-corrected chi connectivity index (χ1v) is 10.6. The Morgan fingerprint density at radius 2 is 1.91 bits per heavy atom. The van der Waals surface area contributed by atoms with Crippen molar-refractivity contribution in [1.82, 2.24) is 10.2 Å². The predicted molar refractivity (Wildman–Crippen MR) is 121 cm³/mol. The molecule has 0 bridgehead atoms. The minimum atomic E-state index is -1.07. The average Bonchev–Trinajstić information content (AvgIpc) is 3.26. The van der Waals surface area contributed by atoms with Crippen LogP contribution < -0.4 is 30.9 Å². The van der Waals surface area contributed by atoms with E-state index in [9.17, 15) is 24.7 Å². The fourth-order valence-corrected chi connectivity index (χ4v) is 3.99. The van der Waals surface area contributed by atoms with Crippen LogP contribution in [0.1, 0.15) is 18.0 Å². The van der Waals surface area contributed by atoms with Crippen LogP contribution in [0, 0.1) is 0 Å². The summed E-state index contributed by atoms with van der Waals surface area (Å²) in [5, 5.41) is 21.4. The molecule has 34 heavy (non-hydrogen) atoms. The predicted octanol–water partition coefficient (Wildman–Crippen LogP) is 0.779. The lowest BCUT2D eigenvalue weighted by molar-refractivity contribution is -0.137. The summed E-state index contributed by atoms with van der Waals surface area (Å²) >= 11 is 0. The molecule has 0 saturated carbocycles. The van der Waals surface area contributed by atoms with E-state index in [4.69, 9.17) is 15.2 Å². The zero-order valence-electron chi connectivity index (χ0n) is 18.2. The van der Waals surface area contributed by atoms with Gasteiger partial charge in [-0.05, 0) is 35.9 Å². The summed E-state index contributed by atoms with van der Waals surface area (Å²) in [7, 11) is 0. The largest absolute Gasteiger partial charge is 0.481 e. The molecule has 2 aliphatic rings. The van der Waals surface area contributed by atoms with Crippen LogP contribution in [-0.4, -0.2) is 66.0 Å². The molecule has 2 aromatic rings. The van der Waals surface area contributed by atoms with Gasteiger partial charge in [-0.15, -0.1) is 0 Å². The molecule has 0 radical (unpaired) electrons. The Morgan fingerprint density at radius 1 is 1.12 bits per heavy atom. The Hall–Kier alpha value is -4.03. The van der Waals surface area contributed by atoms with E-state index in [1.54, 1.807) is 35.2 Å². The van der Waals surface area contributed by atoms with Gasteiger partial charge < -0.3 is 30.5 Å². The van der Waals surface area contributed by atoms with E-state index in [0.29, 0.717) is 47.2 Å². The number of hydrogen-bond donors (Lipinski definition) is 5. The summed E-state index contributed by atoms with van der Waals surface area (Å²) in [6.45, 7) is 0.692. The first-order valence-electron chi connectivity index (χ1n) is 10.6. The number of amides is 2. The van der Waals surface area contributed by atoms with Gasteiger partial charge in [0.25, 0.3) is 0 Å². The molecule has 1 atom stereocenters. The number of anilines is 3. The van der Waals surface area contributed by atoms with Crippen molar-refractivity contribution in [3.05, 3.63) is 42.0 Å². The van der Waals surface area contributed by atoms with Crippen molar-refractivity contribution in [2.45, 2.75) is 12.5 Å². The third-order valence-electron chi connectivity index (χ3n) is 5.61. The highest BCUT2D eigenvalue weighted by Crippen LogP contribution is 2.35. The van der Waals surface area contributed by atoms with Crippen molar-refractivity contribution in [2.24, 2.45) is 0 Å². The van der Waals surface area contributed by atoms with E-state index in [-0.39, 0.29) is 32.2 Å². The van der Waals surface area contributed by atoms with Gasteiger partial charge in [-0.3, -0.25) is 30.0 Å². The van der Waals surface area contributed by atoms with Crippen LogP contribution in [0.15, 0.2) is 36.4 Å². The van der Waals surface area contributed by atoms with Crippen LogP contribution in [0.5, 0.6) is 11.5 Å². The van der Waals surface area contributed by atoms with Gasteiger partial charge in [0.2, 0.25) is 18.6 Å². The Morgan fingerprint density at radius 3 is 2.65 bits per heavy atom. The Kier molecular flexibility index (Phi) is 6.70. The average molecular weight is 471 g/mol. The number of piperazine rings is 1. The molecule has 180 valence electrons. The molecule has 6 N–H and O–H groups in total. The lowest BCUT2D eigenvalue weighted by Gasteiger charge is -2.35. The molecular formula is C22H25N5O7. The normalized spacial score (nSPS) is 16.3. The van der Waals surface area contributed by atoms with Crippen LogP contribution in [-0.2, 0) is 14.4 Å². The molecule has 0 aromatic heterocycles. The van der Waals surface area contributed by atoms with Gasteiger partial charge in [0, 0.05) is 18.8 Å². The standard InChI is InChI=1S/C22H25N5O7/c23-14-2-3-17(16(8-14)25-32)27-6-5-26(11-21(27)29)10-20(28)24-15(9-22(30)31)13-1-4-18-19(7-13)34-12-33-18/h1-4,7-8,15,25,32H,5-6,9-12,23H2,(H,24,28)(H,30,31). The first kappa shape index (κ1) is 23.1. The maximum atomic E-state index is 12.7. The van der Waals surface area contributed by atoms with E-state index < -0.39 is 17.9 Å². The van der Waals surface area contributed by atoms with Gasteiger partial charge >= 0.3 is 5.97 Å². The maximum Gasteiger partial charge on any atom is 0.305 e. The zero-order valence-corrected chi connectivity index (χ0v) is 18.2. The molecule has 12 heteroatoms. The summed E-state index contributed by atoms with van der Waals surface area (Å²) < 4.78 is 10.6. The van der Waals surface area contributed by atoms with Crippen LogP contribution >= 0.6 is 0 Å². The number of hydrogen-bond acceptors (Lipinski definition) is 9. The van der Waals surface area contributed by atoms with Crippen molar-refractivity contribution in [3.8, 4) is 11.5 Å². The van der Waals surface area contributed by atoms with Gasteiger partial charge in [-0.25, -0.2) is 0 Å². The topological polar surface area (TPSA) is 167 Å². The van der Waals surface area contributed by atoms with Gasteiger partial charge in [0.1, 0.15) is 0 Å². The molecule has 2 aromatic carbocycles. The number of carbonyl (C=O) groups is 3. The number of rotatable bonds is 8. The summed E-state index contributed by atoms with van der Waals surface area (Å²) in [5.41, 5.74) is 9.57. The fraction of sp³-hybridized carbons (Fsp3) is 0.318. The van der Waals surface area contributed by atoms with E-state index in [1.807, 2.05) is 5.48 Å². The highest BCUT2D eigenvalue weighted by Gasteiger charge is 2.29. The Bertz CT molecular complexity index is 1110. The molecule has 12 nitrogen and oxygen atoms in total. The zero-order chi connectivity index (χ0) is 24.2. The minimum Gasteiger partial charge on any atom is -0.481 e. The van der Waals surface area contributed by atoms with E-state index in [0.717, 1.165) is 0 Å². The highest BCUT2D eigenvalue weighted by molar-refractivity contribution is 5.99. The number of nitrogen functional groups attached to an aromatic ring is 1. The first-order chi connectivity index (χ1) is 16.3. The van der Waals surface area contributed by atoms with Crippen molar-refractivity contribution < 1.29 is 34.2 Å². The van der Waals surface area contributed by atoms with Gasteiger partial charge in [0.05, 0.1) is 36.9 Å². The third kappa shape index (κ3) is 5.13. The van der Waals surface area contributed by atoms with Crippen molar-refractivity contribution in [2.75, 3.05) is 49.1 Å². The smallest absolute Gasteiger partial charge is 0.305 e. The number of fused-ring (bicyclic) bond motifs is 1. The Balaban J connectivity index is 1.38. The van der Waals surface area contributed by atoms with E-state index in [2.05, 4.69) is 5.32 Å². The van der Waals surface area contributed by atoms with Gasteiger partial charge in [-0.2, -0.15) is 0 Å². The molecular weight excluding hydrogens is 446 g/mol. The van der Waals surface area contributed by atoms with Crippen LogP contribution in [0.2, 0.25) is 0 Å². The van der Waals surface area contributed by atoms with Crippen molar-refractivity contribution in [1.29, 1.82) is 0 Å². The number of aliphatic carboxylic acids is 1. The van der Waals surface area contributed by atoms with E-state index in [1.165, 1.54) is 11.0 Å². The molecule has 1 unspecified atom stereocenters. The highest BCUT2D eigenvalue weighted by atomic mass is 16.7. The van der Waals surface area contributed by atoms with Gasteiger partial charge in [0.15, 0.2) is 11.5 Å².